The predicted octanol–water partition coefficient (Wildman–Crippen LogP) is 8.41. The quantitative estimate of drug-likeness (QED) is 0.211. The third kappa shape index (κ3) is 5.30. The van der Waals surface area contributed by atoms with E-state index < -0.39 is 33.6 Å². The van der Waals surface area contributed by atoms with Crippen LogP contribution in [0.2, 0.25) is 10.0 Å². The molecule has 3 aromatic carbocycles. The van der Waals surface area contributed by atoms with Crippen LogP contribution in [0.5, 0.6) is 0 Å². The third-order valence-electron chi connectivity index (χ3n) is 7.89. The maximum absolute atomic E-state index is 15.6. The highest BCUT2D eigenvalue weighted by Crippen LogP contribution is 2.49. The Balaban J connectivity index is 1.61. The van der Waals surface area contributed by atoms with Crippen LogP contribution in [-0.4, -0.2) is 22.9 Å². The van der Waals surface area contributed by atoms with Crippen molar-refractivity contribution >= 4 is 46.0 Å². The summed E-state index contributed by atoms with van der Waals surface area (Å²) in [7, 11) is 0. The summed E-state index contributed by atoms with van der Waals surface area (Å²) in [5, 5.41) is 23.1. The van der Waals surface area contributed by atoms with Crippen molar-refractivity contribution in [3.8, 4) is 0 Å². The zero-order valence-corrected chi connectivity index (χ0v) is 23.0. The predicted molar refractivity (Wildman–Crippen MR) is 150 cm³/mol. The molecule has 2 aliphatic heterocycles. The second-order valence-corrected chi connectivity index (χ2v) is 11.2. The molecule has 0 spiro atoms. The van der Waals surface area contributed by atoms with E-state index in [1.165, 1.54) is 36.4 Å². The average Bonchev–Trinajstić information content (AvgIpc) is 3.35. The van der Waals surface area contributed by atoms with Gasteiger partial charge in [-0.05, 0) is 67.0 Å². The van der Waals surface area contributed by atoms with Crippen LogP contribution in [0.3, 0.4) is 0 Å². The first-order valence-corrected chi connectivity index (χ1v) is 13.7. The third-order valence-corrected chi connectivity index (χ3v) is 8.53. The summed E-state index contributed by atoms with van der Waals surface area (Å²) >= 11 is 12.1. The van der Waals surface area contributed by atoms with E-state index >= 15 is 8.78 Å². The number of nitro groups is 2. The van der Waals surface area contributed by atoms with E-state index in [-0.39, 0.29) is 32.8 Å². The Morgan fingerprint density at radius 2 is 1.23 bits per heavy atom. The highest BCUT2D eigenvalue weighted by Gasteiger charge is 2.38. The molecule has 0 bridgehead atoms. The van der Waals surface area contributed by atoms with Crippen molar-refractivity contribution in [3.05, 3.63) is 102 Å². The molecule has 40 heavy (non-hydrogen) atoms. The van der Waals surface area contributed by atoms with Crippen LogP contribution in [0.4, 0.5) is 31.5 Å². The minimum absolute atomic E-state index is 0.0273. The zero-order valence-electron chi connectivity index (χ0n) is 21.5. The van der Waals surface area contributed by atoms with E-state index in [4.69, 9.17) is 23.2 Å². The molecule has 2 heterocycles. The first kappa shape index (κ1) is 28.0. The number of rotatable bonds is 6. The van der Waals surface area contributed by atoms with Crippen LogP contribution >= 0.6 is 23.2 Å². The summed E-state index contributed by atoms with van der Waals surface area (Å²) in [5.74, 6) is -0.934. The van der Waals surface area contributed by atoms with E-state index in [0.29, 0.717) is 43.0 Å². The maximum atomic E-state index is 15.6. The second-order valence-electron chi connectivity index (χ2n) is 10.4. The summed E-state index contributed by atoms with van der Waals surface area (Å²) in [5.41, 5.74) is 0.668. The number of hydrogen-bond acceptors (Lipinski definition) is 6. The van der Waals surface area contributed by atoms with Crippen LogP contribution < -0.4 is 9.80 Å². The van der Waals surface area contributed by atoms with Gasteiger partial charge in [0.25, 0.3) is 11.4 Å². The average molecular weight is 591 g/mol. The Kier molecular flexibility index (Phi) is 7.83. The molecule has 0 radical (unpaired) electrons. The van der Waals surface area contributed by atoms with Crippen LogP contribution in [0.25, 0.3) is 0 Å². The Hall–Kier alpha value is -3.50. The fraction of sp³-hybridized carbons (Fsp3) is 0.357. The van der Waals surface area contributed by atoms with Crippen LogP contribution in [-0.2, 0) is 0 Å². The van der Waals surface area contributed by atoms with E-state index in [1.807, 2.05) is 0 Å². The molecule has 3 aromatic rings. The lowest BCUT2D eigenvalue weighted by molar-refractivity contribution is -0.384. The summed E-state index contributed by atoms with van der Waals surface area (Å²) in [6.45, 7) is 3.21. The number of halogens is 4. The van der Waals surface area contributed by atoms with Crippen molar-refractivity contribution in [2.45, 2.75) is 44.7 Å². The normalized spacial score (nSPS) is 19.7. The number of nitro benzene ring substituents is 2. The number of nitrogens with zero attached hydrogens (tertiary/aromatic N) is 4. The minimum Gasteiger partial charge on any atom is -0.367 e. The van der Waals surface area contributed by atoms with Gasteiger partial charge in [0, 0.05) is 30.9 Å². The number of piperidine rings is 1. The van der Waals surface area contributed by atoms with E-state index in [0.717, 1.165) is 12.8 Å². The molecule has 2 saturated heterocycles. The molecule has 0 aromatic heterocycles. The van der Waals surface area contributed by atoms with E-state index in [9.17, 15) is 20.2 Å². The summed E-state index contributed by atoms with van der Waals surface area (Å²) < 4.78 is 31.3. The number of benzene rings is 3. The lowest BCUT2D eigenvalue weighted by Gasteiger charge is -2.35. The number of hydrogen-bond donors (Lipinski definition) is 0. The highest BCUT2D eigenvalue weighted by atomic mass is 35.5. The standard InChI is InChI=1S/C28H26Cl2F2N4O4/c1-16-8-10-33(11-9-16)28-22(31)14-19(15-23(28)32)34-24(17-2-4-20(29)26(12-17)35(37)38)6-7-25(34)18-3-5-21(30)27(13-18)36(39)40/h2-5,12-16,24-25H,6-11H2,1H3. The molecule has 12 heteroatoms. The highest BCUT2D eigenvalue weighted by molar-refractivity contribution is 6.33. The molecule has 2 fully saturated rings. The topological polar surface area (TPSA) is 92.8 Å². The Morgan fingerprint density at radius 1 is 0.775 bits per heavy atom. The molecule has 0 aliphatic carbocycles. The Morgan fingerprint density at radius 3 is 1.65 bits per heavy atom. The van der Waals surface area contributed by atoms with Crippen molar-refractivity contribution < 1.29 is 18.6 Å². The SMILES string of the molecule is CC1CCN(c2c(F)cc(N3C(c4ccc(Cl)c([N+](=O)[O-])c4)CCC3c3ccc(Cl)c([N+](=O)[O-])c3)cc2F)CC1. The van der Waals surface area contributed by atoms with Crippen molar-refractivity contribution in [2.75, 3.05) is 22.9 Å². The molecular weight excluding hydrogens is 565 g/mol. The fourth-order valence-corrected chi connectivity index (χ4v) is 6.19. The fourth-order valence-electron chi connectivity index (χ4n) is 5.81. The molecule has 0 amide bonds. The van der Waals surface area contributed by atoms with Crippen molar-refractivity contribution in [1.82, 2.24) is 0 Å². The van der Waals surface area contributed by atoms with Crippen molar-refractivity contribution in [1.29, 1.82) is 0 Å². The first-order valence-electron chi connectivity index (χ1n) is 12.9. The van der Waals surface area contributed by atoms with Gasteiger partial charge < -0.3 is 9.80 Å². The van der Waals surface area contributed by atoms with E-state index in [2.05, 4.69) is 6.92 Å². The monoisotopic (exact) mass is 590 g/mol. The number of anilines is 2. The molecule has 0 saturated carbocycles. The van der Waals surface area contributed by atoms with Gasteiger partial charge >= 0.3 is 0 Å². The van der Waals surface area contributed by atoms with Gasteiger partial charge in [-0.25, -0.2) is 8.78 Å². The lowest BCUT2D eigenvalue weighted by Crippen LogP contribution is -2.34. The zero-order chi connectivity index (χ0) is 28.7. The van der Waals surface area contributed by atoms with Crippen LogP contribution in [0, 0.1) is 37.8 Å². The Labute approximate surface area is 239 Å². The summed E-state index contributed by atoms with van der Waals surface area (Å²) in [6.07, 6.45) is 2.60. The summed E-state index contributed by atoms with van der Waals surface area (Å²) in [6, 6.07) is 10.4. The molecule has 8 nitrogen and oxygen atoms in total. The first-order chi connectivity index (χ1) is 19.0. The molecule has 2 atom stereocenters. The molecular formula is C28H26Cl2F2N4O4. The van der Waals surface area contributed by atoms with Gasteiger partial charge in [0.1, 0.15) is 15.7 Å². The van der Waals surface area contributed by atoms with Gasteiger partial charge in [-0.1, -0.05) is 42.3 Å². The smallest absolute Gasteiger partial charge is 0.288 e. The van der Waals surface area contributed by atoms with Crippen molar-refractivity contribution in [2.24, 2.45) is 5.92 Å². The molecule has 2 unspecified atom stereocenters. The maximum Gasteiger partial charge on any atom is 0.288 e. The van der Waals surface area contributed by atoms with E-state index in [1.54, 1.807) is 21.9 Å². The summed E-state index contributed by atoms with van der Waals surface area (Å²) in [4.78, 5) is 25.5. The van der Waals surface area contributed by atoms with Gasteiger partial charge in [0.2, 0.25) is 0 Å². The largest absolute Gasteiger partial charge is 0.367 e. The minimum atomic E-state index is -0.710. The van der Waals surface area contributed by atoms with Crippen LogP contribution in [0.1, 0.15) is 55.8 Å². The molecule has 210 valence electrons. The Bertz CT molecular complexity index is 1390. The van der Waals surface area contributed by atoms with Gasteiger partial charge in [-0.2, -0.15) is 0 Å². The molecule has 5 rings (SSSR count). The lowest BCUT2D eigenvalue weighted by atomic mass is 9.98. The van der Waals surface area contributed by atoms with Crippen molar-refractivity contribution in [3.63, 3.8) is 0 Å². The van der Waals surface area contributed by atoms with Gasteiger partial charge in [0.05, 0.1) is 21.9 Å². The van der Waals surface area contributed by atoms with Crippen LogP contribution in [0.15, 0.2) is 48.5 Å². The van der Waals surface area contributed by atoms with Gasteiger partial charge in [-0.3, -0.25) is 20.2 Å². The van der Waals surface area contributed by atoms with Gasteiger partial charge in [-0.15, -0.1) is 0 Å². The second kappa shape index (κ2) is 11.2. The molecule has 2 aliphatic rings. The molecule has 0 N–H and O–H groups in total. The van der Waals surface area contributed by atoms with Gasteiger partial charge in [0.15, 0.2) is 11.6 Å².